The third kappa shape index (κ3) is 6.33. The Hall–Kier alpha value is -4.38. The third-order valence-corrected chi connectivity index (χ3v) is 8.06. The van der Waals surface area contributed by atoms with E-state index in [0.29, 0.717) is 28.3 Å². The molecule has 246 valence electrons. The van der Waals surface area contributed by atoms with Crippen LogP contribution in [-0.2, 0) is 23.0 Å². The summed E-state index contributed by atoms with van der Waals surface area (Å²) < 4.78 is 98.1. The van der Waals surface area contributed by atoms with Crippen LogP contribution in [0.15, 0.2) is 35.2 Å². The van der Waals surface area contributed by atoms with E-state index < -0.39 is 71.0 Å². The number of benzene rings is 1. The maximum atomic E-state index is 14.7. The summed E-state index contributed by atoms with van der Waals surface area (Å²) in [5.41, 5.74) is -2.37. The average molecular weight is 672 g/mol. The van der Waals surface area contributed by atoms with E-state index in [2.05, 4.69) is 15.4 Å². The van der Waals surface area contributed by atoms with Gasteiger partial charge in [0.05, 0.1) is 44.0 Å². The number of nitrogens with one attached hydrogen (secondary N) is 1. The number of nitrogens with zero attached hydrogens (tertiary/aromatic N) is 3. The molecule has 0 spiro atoms. The van der Waals surface area contributed by atoms with Crippen LogP contribution >= 0.6 is 11.3 Å². The van der Waals surface area contributed by atoms with Gasteiger partial charge in [0.25, 0.3) is 5.91 Å². The Morgan fingerprint density at radius 1 is 1.15 bits per heavy atom. The average Bonchev–Trinajstić information content (AvgIpc) is 3.52. The number of ether oxygens (including phenoxy) is 2. The van der Waals surface area contributed by atoms with Crippen molar-refractivity contribution in [2.75, 3.05) is 20.3 Å². The highest BCUT2D eigenvalue weighted by Gasteiger charge is 2.57. The van der Waals surface area contributed by atoms with Crippen LogP contribution in [0.5, 0.6) is 11.5 Å². The lowest BCUT2D eigenvalue weighted by molar-refractivity contribution is -0.265. The minimum absolute atomic E-state index is 0.105. The van der Waals surface area contributed by atoms with E-state index in [1.807, 2.05) is 0 Å². The van der Waals surface area contributed by atoms with E-state index in [-0.39, 0.29) is 29.5 Å². The second-order valence-electron chi connectivity index (χ2n) is 10.6. The number of pyridine rings is 1. The second kappa shape index (κ2) is 12.1. The number of carbonyl (C=O) groups excluding carboxylic acids is 2. The van der Waals surface area contributed by atoms with Crippen molar-refractivity contribution < 1.29 is 50.5 Å². The number of amides is 2. The first kappa shape index (κ1) is 33.0. The van der Waals surface area contributed by atoms with Gasteiger partial charge < -0.3 is 25.6 Å². The fraction of sp³-hybridized carbons (Fsp3) is 0.379. The quantitative estimate of drug-likeness (QED) is 0.188. The minimum Gasteiger partial charge on any atom is -0.494 e. The van der Waals surface area contributed by atoms with Gasteiger partial charge in [-0.25, -0.2) is 4.98 Å². The fourth-order valence-corrected chi connectivity index (χ4v) is 5.73. The van der Waals surface area contributed by atoms with E-state index in [1.54, 1.807) is 10.9 Å². The molecule has 46 heavy (non-hydrogen) atoms. The van der Waals surface area contributed by atoms with Crippen LogP contribution in [0.1, 0.15) is 53.0 Å². The summed E-state index contributed by atoms with van der Waals surface area (Å²) in [6.45, 7) is -0.184. The molecule has 0 bridgehead atoms. The molecule has 1 fully saturated rings. The van der Waals surface area contributed by atoms with E-state index in [0.717, 1.165) is 23.6 Å². The van der Waals surface area contributed by atoms with Gasteiger partial charge in [-0.3, -0.25) is 14.3 Å². The highest BCUT2D eigenvalue weighted by atomic mass is 32.1. The zero-order chi connectivity index (χ0) is 33.6. The minimum atomic E-state index is -5.52. The number of aliphatic hydroxyl groups is 1. The van der Waals surface area contributed by atoms with Crippen molar-refractivity contribution in [2.24, 2.45) is 5.73 Å². The SMILES string of the molecule is CCOc1c(CC(N)=O)cc([C@@](O)(CNC(=O)c2cc(OC)c3nn(C4CC4)cc3c2)C(F)(F)F)nc1-c1cscc1C(F)(F)F. The van der Waals surface area contributed by atoms with E-state index in [9.17, 15) is 41.0 Å². The number of primary amides is 1. The maximum absolute atomic E-state index is 14.7. The molecule has 0 saturated heterocycles. The molecule has 4 N–H and O–H groups in total. The first-order valence-electron chi connectivity index (χ1n) is 13.8. The van der Waals surface area contributed by atoms with Gasteiger partial charge in [0, 0.05) is 39.0 Å². The molecule has 4 aromatic rings. The van der Waals surface area contributed by atoms with Crippen molar-refractivity contribution in [3.05, 3.63) is 57.5 Å². The van der Waals surface area contributed by atoms with Crippen molar-refractivity contribution in [2.45, 2.75) is 50.2 Å². The highest BCUT2D eigenvalue weighted by Crippen LogP contribution is 2.46. The van der Waals surface area contributed by atoms with Crippen LogP contribution in [0.4, 0.5) is 26.3 Å². The summed E-state index contributed by atoms with van der Waals surface area (Å²) >= 11 is 0.610. The van der Waals surface area contributed by atoms with Crippen LogP contribution < -0.4 is 20.5 Å². The maximum Gasteiger partial charge on any atom is 0.424 e. The van der Waals surface area contributed by atoms with Crippen molar-refractivity contribution in [3.8, 4) is 22.8 Å². The molecule has 1 saturated carbocycles. The number of aromatic nitrogens is 3. The Balaban J connectivity index is 1.58. The lowest BCUT2D eigenvalue weighted by atomic mass is 9.93. The van der Waals surface area contributed by atoms with Crippen LogP contribution in [-0.4, -0.2) is 58.1 Å². The zero-order valence-corrected chi connectivity index (χ0v) is 25.1. The molecule has 2 amide bonds. The number of methoxy groups -OCH3 is 1. The smallest absolute Gasteiger partial charge is 0.424 e. The normalized spacial score (nSPS) is 15.1. The molecular formula is C29H27F6N5O5S. The molecule has 17 heteroatoms. The van der Waals surface area contributed by atoms with Gasteiger partial charge in [0.1, 0.15) is 22.7 Å². The summed E-state index contributed by atoms with van der Waals surface area (Å²) in [5, 5.41) is 19.9. The van der Waals surface area contributed by atoms with Crippen molar-refractivity contribution in [3.63, 3.8) is 0 Å². The van der Waals surface area contributed by atoms with Gasteiger partial charge in [-0.2, -0.15) is 42.8 Å². The Morgan fingerprint density at radius 2 is 1.87 bits per heavy atom. The molecule has 1 aliphatic carbocycles. The number of hydrogen-bond donors (Lipinski definition) is 3. The number of nitrogens with two attached hydrogens (primary N) is 1. The van der Waals surface area contributed by atoms with Crippen LogP contribution in [0.2, 0.25) is 0 Å². The summed E-state index contributed by atoms with van der Waals surface area (Å²) in [6, 6.07) is 3.56. The number of hydrogen-bond acceptors (Lipinski definition) is 8. The van der Waals surface area contributed by atoms with E-state index >= 15 is 0 Å². The number of carbonyl (C=O) groups is 2. The standard InChI is InChI=1S/C29H27F6N5O5S/c1-3-45-25-14(9-22(36)41)8-21(38-24(25)18-11-46-12-19(18)28(30,31)32)27(43,29(33,34)35)13-37-26(42)15-6-16-10-40(17-4-5-17)39-23(16)20(7-15)44-2/h6-8,10-12,17,43H,3-5,9,13H2,1-2H3,(H2,36,41)(H,37,42)/t27-/m0/s1. The van der Waals surface area contributed by atoms with E-state index in [4.69, 9.17) is 15.2 Å². The monoisotopic (exact) mass is 671 g/mol. The molecule has 1 aliphatic rings. The van der Waals surface area contributed by atoms with Crippen molar-refractivity contribution >= 4 is 34.1 Å². The number of halogens is 6. The van der Waals surface area contributed by atoms with Crippen LogP contribution in [0.25, 0.3) is 22.2 Å². The van der Waals surface area contributed by atoms with Gasteiger partial charge in [0.2, 0.25) is 11.5 Å². The summed E-state index contributed by atoms with van der Waals surface area (Å²) in [4.78, 5) is 28.9. The van der Waals surface area contributed by atoms with Crippen LogP contribution in [0, 0.1) is 0 Å². The Kier molecular flexibility index (Phi) is 8.67. The van der Waals surface area contributed by atoms with Crippen molar-refractivity contribution in [1.29, 1.82) is 0 Å². The predicted octanol–water partition coefficient (Wildman–Crippen LogP) is 5.13. The molecule has 0 aliphatic heterocycles. The molecule has 0 radical (unpaired) electrons. The number of alkyl halides is 6. The number of rotatable bonds is 11. The number of thiophene rings is 1. The van der Waals surface area contributed by atoms with Gasteiger partial charge in [-0.05, 0) is 38.0 Å². The largest absolute Gasteiger partial charge is 0.494 e. The second-order valence-corrected chi connectivity index (χ2v) is 11.4. The van der Waals surface area contributed by atoms with Crippen molar-refractivity contribution in [1.82, 2.24) is 20.1 Å². The molecule has 1 atom stereocenters. The topological polar surface area (TPSA) is 142 Å². The van der Waals surface area contributed by atoms with Gasteiger partial charge in [-0.1, -0.05) is 0 Å². The summed E-state index contributed by atoms with van der Waals surface area (Å²) in [5.74, 6) is -2.28. The van der Waals surface area contributed by atoms with Gasteiger partial charge >= 0.3 is 12.4 Å². The molecule has 5 rings (SSSR count). The Labute approximate surface area is 261 Å². The number of fused-ring (bicyclic) bond motifs is 1. The van der Waals surface area contributed by atoms with Crippen LogP contribution in [0.3, 0.4) is 0 Å². The lowest BCUT2D eigenvalue weighted by Crippen LogP contribution is -2.51. The third-order valence-electron chi connectivity index (χ3n) is 7.32. The molecule has 10 nitrogen and oxygen atoms in total. The molecular weight excluding hydrogens is 644 g/mol. The molecule has 3 aromatic heterocycles. The van der Waals surface area contributed by atoms with Gasteiger partial charge in [-0.15, -0.1) is 0 Å². The Morgan fingerprint density at radius 3 is 2.46 bits per heavy atom. The summed E-state index contributed by atoms with van der Waals surface area (Å²) in [7, 11) is 1.34. The Bertz CT molecular complexity index is 1800. The zero-order valence-electron chi connectivity index (χ0n) is 24.3. The predicted molar refractivity (Wildman–Crippen MR) is 153 cm³/mol. The molecule has 0 unspecified atom stereocenters. The van der Waals surface area contributed by atoms with E-state index in [1.165, 1.54) is 26.2 Å². The molecule has 1 aromatic carbocycles. The fourth-order valence-electron chi connectivity index (χ4n) is 4.89. The first-order chi connectivity index (χ1) is 21.6. The lowest BCUT2D eigenvalue weighted by Gasteiger charge is -2.31. The summed E-state index contributed by atoms with van der Waals surface area (Å²) in [6.07, 6.45) is -7.66. The van der Waals surface area contributed by atoms with Gasteiger partial charge in [0.15, 0.2) is 0 Å². The molecule has 3 heterocycles. The first-order valence-corrected chi connectivity index (χ1v) is 14.7. The highest BCUT2D eigenvalue weighted by molar-refractivity contribution is 7.08.